The first kappa shape index (κ1) is 11.3. The van der Waals surface area contributed by atoms with Gasteiger partial charge in [0.05, 0.1) is 0 Å². The number of aromatic nitrogens is 4. The minimum atomic E-state index is -1.13. The van der Waals surface area contributed by atoms with E-state index >= 15 is 0 Å². The van der Waals surface area contributed by atoms with Crippen molar-refractivity contribution in [1.29, 1.82) is 0 Å². The summed E-state index contributed by atoms with van der Waals surface area (Å²) < 4.78 is 6.52. The molecule has 2 aromatic rings. The monoisotopic (exact) mass is 236 g/mol. The molecule has 2 rings (SSSR count). The third-order valence-electron chi connectivity index (χ3n) is 2.24. The van der Waals surface area contributed by atoms with E-state index in [0.717, 1.165) is 6.26 Å². The van der Waals surface area contributed by atoms with Crippen LogP contribution in [0, 0.1) is 0 Å². The molecule has 0 radical (unpaired) electrons. The predicted octanol–water partition coefficient (Wildman–Crippen LogP) is 1.08. The van der Waals surface area contributed by atoms with Gasteiger partial charge in [0.25, 0.3) is 0 Å². The summed E-state index contributed by atoms with van der Waals surface area (Å²) >= 11 is 0. The highest BCUT2D eigenvalue weighted by atomic mass is 16.4. The lowest BCUT2D eigenvalue weighted by molar-refractivity contribution is 0.0690. The summed E-state index contributed by atoms with van der Waals surface area (Å²) in [6.07, 6.45) is 2.45. The first-order valence-electron chi connectivity index (χ1n) is 5.29. The first-order chi connectivity index (χ1) is 8.15. The quantitative estimate of drug-likeness (QED) is 0.853. The second kappa shape index (κ2) is 4.36. The van der Waals surface area contributed by atoms with Crippen LogP contribution < -0.4 is 0 Å². The number of aryl methyl sites for hydroxylation is 2. The number of hydrogen-bond acceptors (Lipinski definition) is 5. The second-order valence-electron chi connectivity index (χ2n) is 3.38. The van der Waals surface area contributed by atoms with Gasteiger partial charge in [-0.3, -0.25) is 0 Å². The highest BCUT2D eigenvalue weighted by Gasteiger charge is 2.16. The molecule has 0 bridgehead atoms. The van der Waals surface area contributed by atoms with Crippen molar-refractivity contribution in [3.8, 4) is 6.01 Å². The third kappa shape index (κ3) is 2.03. The molecule has 2 heterocycles. The van der Waals surface area contributed by atoms with E-state index in [9.17, 15) is 4.79 Å². The van der Waals surface area contributed by atoms with Gasteiger partial charge >= 0.3 is 12.0 Å². The lowest BCUT2D eigenvalue weighted by Gasteiger charge is -1.96. The highest BCUT2D eigenvalue weighted by molar-refractivity contribution is 5.84. The van der Waals surface area contributed by atoms with E-state index < -0.39 is 5.97 Å². The van der Waals surface area contributed by atoms with Gasteiger partial charge in [-0.05, 0) is 0 Å². The smallest absolute Gasteiger partial charge is 0.357 e. The Morgan fingerprint density at radius 3 is 2.71 bits per heavy atom. The summed E-state index contributed by atoms with van der Waals surface area (Å²) in [5.41, 5.74) is -0.143. The van der Waals surface area contributed by atoms with Crippen molar-refractivity contribution < 1.29 is 14.3 Å². The van der Waals surface area contributed by atoms with Gasteiger partial charge in [0.1, 0.15) is 12.1 Å². The number of carboxylic acids is 1. The van der Waals surface area contributed by atoms with E-state index in [4.69, 9.17) is 9.52 Å². The zero-order chi connectivity index (χ0) is 12.4. The maximum absolute atomic E-state index is 10.7. The molecule has 0 unspecified atom stereocenters. The molecule has 7 nitrogen and oxygen atoms in total. The van der Waals surface area contributed by atoms with Gasteiger partial charge in [-0.1, -0.05) is 13.8 Å². The zero-order valence-electron chi connectivity index (χ0n) is 9.54. The van der Waals surface area contributed by atoms with Crippen LogP contribution in [-0.2, 0) is 12.8 Å². The van der Waals surface area contributed by atoms with Crippen molar-refractivity contribution in [2.75, 3.05) is 0 Å². The number of carbonyl (C=O) groups is 1. The molecule has 0 aliphatic rings. The highest BCUT2D eigenvalue weighted by Crippen LogP contribution is 2.11. The molecule has 0 amide bonds. The summed E-state index contributed by atoms with van der Waals surface area (Å²) in [4.78, 5) is 18.8. The number of nitrogens with zero attached hydrogens (tertiary/aromatic N) is 4. The van der Waals surface area contributed by atoms with Crippen molar-refractivity contribution in [3.05, 3.63) is 23.6 Å². The largest absolute Gasteiger partial charge is 0.476 e. The third-order valence-corrected chi connectivity index (χ3v) is 2.24. The average Bonchev–Trinajstić information content (AvgIpc) is 2.94. The Labute approximate surface area is 97.1 Å². The topological polar surface area (TPSA) is 94.0 Å². The standard InChI is InChI=1S/C10H12N4O3/c1-3-7-12-8(4-2)14(13-7)10-11-6(5-17-10)9(15)16/h5H,3-4H2,1-2H3,(H,15,16). The van der Waals surface area contributed by atoms with Crippen LogP contribution in [0.25, 0.3) is 6.01 Å². The van der Waals surface area contributed by atoms with Gasteiger partial charge in [0.2, 0.25) is 0 Å². The summed E-state index contributed by atoms with van der Waals surface area (Å²) in [7, 11) is 0. The Balaban J connectivity index is 2.43. The summed E-state index contributed by atoms with van der Waals surface area (Å²) in [5, 5.41) is 13.0. The molecule has 0 aliphatic heterocycles. The molecule has 2 aromatic heterocycles. The van der Waals surface area contributed by atoms with E-state index in [1.165, 1.54) is 4.68 Å². The molecule has 0 saturated carbocycles. The van der Waals surface area contributed by atoms with E-state index in [0.29, 0.717) is 24.5 Å². The molecular weight excluding hydrogens is 224 g/mol. The van der Waals surface area contributed by atoms with Crippen LogP contribution in [0.15, 0.2) is 10.7 Å². The Bertz CT molecular complexity index is 543. The van der Waals surface area contributed by atoms with Crippen LogP contribution in [0.2, 0.25) is 0 Å². The molecule has 7 heteroatoms. The molecule has 1 N–H and O–H groups in total. The van der Waals surface area contributed by atoms with Gasteiger partial charge in [-0.15, -0.1) is 5.10 Å². The molecule has 0 spiro atoms. The van der Waals surface area contributed by atoms with Gasteiger partial charge in [-0.25, -0.2) is 9.78 Å². The minimum Gasteiger partial charge on any atom is -0.476 e. The fourth-order valence-electron chi connectivity index (χ4n) is 1.38. The van der Waals surface area contributed by atoms with Gasteiger partial charge in [-0.2, -0.15) is 9.67 Å². The van der Waals surface area contributed by atoms with Crippen molar-refractivity contribution in [2.24, 2.45) is 0 Å². The van der Waals surface area contributed by atoms with Crippen molar-refractivity contribution in [3.63, 3.8) is 0 Å². The van der Waals surface area contributed by atoms with Crippen LogP contribution in [0.4, 0.5) is 0 Å². The van der Waals surface area contributed by atoms with E-state index in [-0.39, 0.29) is 11.7 Å². The molecule has 0 fully saturated rings. The Hall–Kier alpha value is -2.18. The minimum absolute atomic E-state index is 0.131. The number of carboxylic acid groups (broad SMARTS) is 1. The number of hydrogen-bond donors (Lipinski definition) is 1. The SMILES string of the molecule is CCc1nc(CC)n(-c2nc(C(=O)O)co2)n1. The lowest BCUT2D eigenvalue weighted by atomic mass is 10.4. The van der Waals surface area contributed by atoms with E-state index in [1.54, 1.807) is 0 Å². The van der Waals surface area contributed by atoms with Crippen LogP contribution in [-0.4, -0.2) is 30.8 Å². The first-order valence-corrected chi connectivity index (χ1v) is 5.29. The van der Waals surface area contributed by atoms with Crippen molar-refractivity contribution in [2.45, 2.75) is 26.7 Å². The Morgan fingerprint density at radius 1 is 1.41 bits per heavy atom. The number of oxazole rings is 1. The fraction of sp³-hybridized carbons (Fsp3) is 0.400. The molecule has 0 saturated heterocycles. The molecule has 90 valence electrons. The fourth-order valence-corrected chi connectivity index (χ4v) is 1.38. The predicted molar refractivity (Wildman–Crippen MR) is 57.1 cm³/mol. The lowest BCUT2D eigenvalue weighted by Crippen LogP contribution is -2.04. The maximum atomic E-state index is 10.7. The Kier molecular flexibility index (Phi) is 2.90. The van der Waals surface area contributed by atoms with Crippen LogP contribution in [0.3, 0.4) is 0 Å². The van der Waals surface area contributed by atoms with E-state index in [2.05, 4.69) is 15.1 Å². The van der Waals surface area contributed by atoms with Gasteiger partial charge in [0.15, 0.2) is 11.5 Å². The van der Waals surface area contributed by atoms with E-state index in [1.807, 2.05) is 13.8 Å². The van der Waals surface area contributed by atoms with Crippen molar-refractivity contribution in [1.82, 2.24) is 19.7 Å². The summed E-state index contributed by atoms with van der Waals surface area (Å²) in [6, 6.07) is 0.131. The van der Waals surface area contributed by atoms with Gasteiger partial charge < -0.3 is 9.52 Å². The van der Waals surface area contributed by atoms with Crippen LogP contribution >= 0.6 is 0 Å². The average molecular weight is 236 g/mol. The molecule has 0 atom stereocenters. The molecule has 17 heavy (non-hydrogen) atoms. The number of aromatic carboxylic acids is 1. The number of rotatable bonds is 4. The normalized spacial score (nSPS) is 10.7. The van der Waals surface area contributed by atoms with Crippen molar-refractivity contribution >= 4 is 5.97 Å². The Morgan fingerprint density at radius 2 is 2.18 bits per heavy atom. The van der Waals surface area contributed by atoms with Crippen LogP contribution in [0.5, 0.6) is 0 Å². The summed E-state index contributed by atoms with van der Waals surface area (Å²) in [5.74, 6) is 0.242. The second-order valence-corrected chi connectivity index (χ2v) is 3.38. The van der Waals surface area contributed by atoms with Gasteiger partial charge in [0, 0.05) is 12.8 Å². The van der Waals surface area contributed by atoms with Crippen LogP contribution in [0.1, 0.15) is 36.0 Å². The summed E-state index contributed by atoms with van der Waals surface area (Å²) in [6.45, 7) is 3.87. The molecule has 0 aliphatic carbocycles. The zero-order valence-corrected chi connectivity index (χ0v) is 9.54. The molecular formula is C10H12N4O3. The maximum Gasteiger partial charge on any atom is 0.357 e. The molecule has 0 aromatic carbocycles.